The van der Waals surface area contributed by atoms with Crippen molar-refractivity contribution in [2.45, 2.75) is 6.92 Å². The average molecular weight is 239 g/mol. The van der Waals surface area contributed by atoms with E-state index in [2.05, 4.69) is 20.4 Å². The zero-order valence-corrected chi connectivity index (χ0v) is 9.24. The molecule has 0 aliphatic carbocycles. The first-order valence-corrected chi connectivity index (χ1v) is 5.42. The van der Waals surface area contributed by atoms with Crippen molar-refractivity contribution in [1.82, 2.24) is 20.4 Å². The molecule has 2 rings (SSSR count). The first-order valence-electron chi connectivity index (χ1n) is 4.54. The Balaban J connectivity index is 2.22. The average Bonchev–Trinajstić information content (AvgIpc) is 2.85. The highest BCUT2D eigenvalue weighted by Gasteiger charge is 2.16. The number of nitrogens with zero attached hydrogens (tertiary/aromatic N) is 3. The van der Waals surface area contributed by atoms with E-state index >= 15 is 0 Å². The van der Waals surface area contributed by atoms with Crippen molar-refractivity contribution >= 4 is 22.4 Å². The number of nitrogen functional groups attached to an aromatic ring is 1. The predicted octanol–water partition coefficient (Wildman–Crippen LogP) is 0.525. The van der Waals surface area contributed by atoms with Crippen LogP contribution in [0.4, 0.5) is 5.13 Å². The number of rotatable bonds is 3. The standard InChI is InChI=1S/C8H9N5O2S/c1-2-10-6(14)5-12-7(15-13-5)4-3-16-8(9)11-4/h3H,2H2,1H3,(H2,9,11)(H,10,14). The second-order valence-electron chi connectivity index (χ2n) is 2.85. The van der Waals surface area contributed by atoms with Crippen molar-refractivity contribution in [3.05, 3.63) is 11.2 Å². The molecular formula is C8H9N5O2S. The number of hydrogen-bond acceptors (Lipinski definition) is 7. The van der Waals surface area contributed by atoms with Crippen molar-refractivity contribution in [1.29, 1.82) is 0 Å². The Morgan fingerprint density at radius 3 is 3.06 bits per heavy atom. The van der Waals surface area contributed by atoms with E-state index in [0.717, 1.165) is 0 Å². The van der Waals surface area contributed by atoms with E-state index in [0.29, 0.717) is 17.4 Å². The Labute approximate surface area is 94.7 Å². The van der Waals surface area contributed by atoms with Gasteiger partial charge in [0.2, 0.25) is 0 Å². The van der Waals surface area contributed by atoms with Gasteiger partial charge in [-0.3, -0.25) is 4.79 Å². The summed E-state index contributed by atoms with van der Waals surface area (Å²) in [7, 11) is 0. The van der Waals surface area contributed by atoms with Crippen LogP contribution < -0.4 is 11.1 Å². The van der Waals surface area contributed by atoms with Crippen LogP contribution in [0.25, 0.3) is 11.6 Å². The summed E-state index contributed by atoms with van der Waals surface area (Å²) in [6, 6.07) is 0. The van der Waals surface area contributed by atoms with E-state index in [1.165, 1.54) is 11.3 Å². The Bertz CT molecular complexity index is 506. The maximum absolute atomic E-state index is 11.4. The maximum atomic E-state index is 11.4. The van der Waals surface area contributed by atoms with Gasteiger partial charge in [0.25, 0.3) is 17.6 Å². The van der Waals surface area contributed by atoms with Gasteiger partial charge in [-0.2, -0.15) is 4.98 Å². The molecule has 2 heterocycles. The van der Waals surface area contributed by atoms with Crippen molar-refractivity contribution in [2.75, 3.05) is 12.3 Å². The van der Waals surface area contributed by atoms with E-state index < -0.39 is 0 Å². The first-order chi connectivity index (χ1) is 7.70. The van der Waals surface area contributed by atoms with Crippen LogP contribution in [0.1, 0.15) is 17.5 Å². The third-order valence-corrected chi connectivity index (χ3v) is 2.38. The highest BCUT2D eigenvalue weighted by molar-refractivity contribution is 7.13. The van der Waals surface area contributed by atoms with E-state index in [-0.39, 0.29) is 17.6 Å². The third kappa shape index (κ3) is 2.01. The molecular weight excluding hydrogens is 230 g/mol. The lowest BCUT2D eigenvalue weighted by atomic mass is 10.5. The van der Waals surface area contributed by atoms with Gasteiger partial charge in [0, 0.05) is 11.9 Å². The lowest BCUT2D eigenvalue weighted by molar-refractivity contribution is 0.0942. The van der Waals surface area contributed by atoms with Crippen LogP contribution in [0.5, 0.6) is 0 Å². The van der Waals surface area contributed by atoms with Gasteiger partial charge < -0.3 is 15.6 Å². The quantitative estimate of drug-likeness (QED) is 0.808. The number of nitrogens with two attached hydrogens (primary N) is 1. The molecule has 8 heteroatoms. The van der Waals surface area contributed by atoms with Gasteiger partial charge in [-0.25, -0.2) is 4.98 Å². The van der Waals surface area contributed by atoms with Crippen molar-refractivity contribution in [3.63, 3.8) is 0 Å². The number of carbonyl (C=O) groups excluding carboxylic acids is 1. The van der Waals surface area contributed by atoms with Crippen LogP contribution in [0.15, 0.2) is 9.90 Å². The van der Waals surface area contributed by atoms with Gasteiger partial charge >= 0.3 is 0 Å². The van der Waals surface area contributed by atoms with Gasteiger partial charge in [0.15, 0.2) is 5.13 Å². The van der Waals surface area contributed by atoms with E-state index in [4.69, 9.17) is 10.3 Å². The van der Waals surface area contributed by atoms with Gasteiger partial charge in [-0.05, 0) is 6.92 Å². The lowest BCUT2D eigenvalue weighted by Gasteiger charge is -1.93. The van der Waals surface area contributed by atoms with E-state index in [1.54, 1.807) is 12.3 Å². The Kier molecular flexibility index (Phi) is 2.82. The minimum Gasteiger partial charge on any atom is -0.375 e. The Hall–Kier alpha value is -1.96. The second kappa shape index (κ2) is 4.27. The summed E-state index contributed by atoms with van der Waals surface area (Å²) in [6.07, 6.45) is 0. The molecule has 3 N–H and O–H groups in total. The normalized spacial score (nSPS) is 10.3. The zero-order valence-electron chi connectivity index (χ0n) is 8.43. The summed E-state index contributed by atoms with van der Waals surface area (Å²) in [6.45, 7) is 2.31. The Morgan fingerprint density at radius 2 is 2.44 bits per heavy atom. The molecule has 0 aromatic carbocycles. The van der Waals surface area contributed by atoms with E-state index in [1.807, 2.05) is 0 Å². The van der Waals surface area contributed by atoms with Gasteiger partial charge in [0.1, 0.15) is 5.69 Å². The molecule has 0 atom stereocenters. The van der Waals surface area contributed by atoms with Gasteiger partial charge in [-0.1, -0.05) is 5.16 Å². The molecule has 0 bridgehead atoms. The minimum absolute atomic E-state index is 0.0107. The van der Waals surface area contributed by atoms with Crippen LogP contribution in [-0.4, -0.2) is 27.6 Å². The summed E-state index contributed by atoms with van der Waals surface area (Å²) in [5.74, 6) is -0.196. The molecule has 16 heavy (non-hydrogen) atoms. The summed E-state index contributed by atoms with van der Waals surface area (Å²) >= 11 is 1.27. The van der Waals surface area contributed by atoms with Crippen LogP contribution in [0.3, 0.4) is 0 Å². The predicted molar refractivity (Wildman–Crippen MR) is 57.8 cm³/mol. The number of nitrogens with one attached hydrogen (secondary N) is 1. The van der Waals surface area contributed by atoms with Crippen molar-refractivity contribution < 1.29 is 9.32 Å². The maximum Gasteiger partial charge on any atom is 0.292 e. The number of hydrogen-bond donors (Lipinski definition) is 2. The summed E-state index contributed by atoms with van der Waals surface area (Å²) in [5, 5.41) is 8.21. The largest absolute Gasteiger partial charge is 0.375 e. The summed E-state index contributed by atoms with van der Waals surface area (Å²) in [5.41, 5.74) is 5.95. The van der Waals surface area contributed by atoms with Crippen LogP contribution in [-0.2, 0) is 0 Å². The Morgan fingerprint density at radius 1 is 1.62 bits per heavy atom. The first kappa shape index (κ1) is 10.6. The molecule has 0 aliphatic heterocycles. The fraction of sp³-hybridized carbons (Fsp3) is 0.250. The smallest absolute Gasteiger partial charge is 0.292 e. The fourth-order valence-electron chi connectivity index (χ4n) is 1.05. The second-order valence-corrected chi connectivity index (χ2v) is 3.74. The SMILES string of the molecule is CCNC(=O)c1noc(-c2csc(N)n2)n1. The monoisotopic (exact) mass is 239 g/mol. The number of amides is 1. The molecule has 84 valence electrons. The number of thiazole rings is 1. The fourth-order valence-corrected chi connectivity index (χ4v) is 1.58. The molecule has 0 spiro atoms. The number of aromatic nitrogens is 3. The molecule has 0 unspecified atom stereocenters. The van der Waals surface area contributed by atoms with Crippen LogP contribution >= 0.6 is 11.3 Å². The molecule has 0 radical (unpaired) electrons. The molecule has 0 saturated carbocycles. The molecule has 0 saturated heterocycles. The highest BCUT2D eigenvalue weighted by atomic mass is 32.1. The van der Waals surface area contributed by atoms with Gasteiger partial charge in [-0.15, -0.1) is 11.3 Å². The molecule has 0 aliphatic rings. The summed E-state index contributed by atoms with van der Waals surface area (Å²) < 4.78 is 4.90. The number of anilines is 1. The van der Waals surface area contributed by atoms with Crippen molar-refractivity contribution in [3.8, 4) is 11.6 Å². The van der Waals surface area contributed by atoms with Crippen LogP contribution in [0, 0.1) is 0 Å². The zero-order chi connectivity index (χ0) is 11.5. The van der Waals surface area contributed by atoms with E-state index in [9.17, 15) is 4.79 Å². The molecule has 1 amide bonds. The van der Waals surface area contributed by atoms with Crippen molar-refractivity contribution in [2.24, 2.45) is 0 Å². The van der Waals surface area contributed by atoms with Crippen LogP contribution in [0.2, 0.25) is 0 Å². The van der Waals surface area contributed by atoms with Gasteiger partial charge in [0.05, 0.1) is 0 Å². The molecule has 2 aromatic rings. The molecule has 7 nitrogen and oxygen atoms in total. The lowest BCUT2D eigenvalue weighted by Crippen LogP contribution is -2.23. The molecule has 2 aromatic heterocycles. The highest BCUT2D eigenvalue weighted by Crippen LogP contribution is 2.21. The minimum atomic E-state index is -0.374. The third-order valence-electron chi connectivity index (χ3n) is 1.71. The molecule has 0 fully saturated rings. The number of carbonyl (C=O) groups is 1. The summed E-state index contributed by atoms with van der Waals surface area (Å²) in [4.78, 5) is 19.2. The topological polar surface area (TPSA) is 107 Å².